The van der Waals surface area contributed by atoms with Crippen molar-refractivity contribution in [3.8, 4) is 0 Å². The molecular formula is C11H12F3N3. The minimum Gasteiger partial charge on any atom is -0.305 e. The Bertz CT molecular complexity index is 483. The van der Waals surface area contributed by atoms with Crippen LogP contribution in [0.2, 0.25) is 0 Å². The standard InChI is InChI=1S/C11H12F3N3/c1-8-5-3-4-6-16(8)10-7-9(2)17(15-10)11(12,13)14/h4-7H,3H2,1-2H3. The summed E-state index contributed by atoms with van der Waals surface area (Å²) in [5, 5.41) is 3.58. The van der Waals surface area contributed by atoms with Gasteiger partial charge in [-0.15, -0.1) is 18.3 Å². The molecule has 92 valence electrons. The third kappa shape index (κ3) is 2.20. The lowest BCUT2D eigenvalue weighted by Crippen LogP contribution is -2.21. The number of hydrogen-bond acceptors (Lipinski definition) is 2. The first kappa shape index (κ1) is 11.8. The fourth-order valence-electron chi connectivity index (χ4n) is 1.71. The molecule has 2 rings (SSSR count). The summed E-state index contributed by atoms with van der Waals surface area (Å²) in [4.78, 5) is 1.64. The van der Waals surface area contributed by atoms with Gasteiger partial charge in [-0.05, 0) is 20.3 Å². The van der Waals surface area contributed by atoms with E-state index in [4.69, 9.17) is 0 Å². The Labute approximate surface area is 96.8 Å². The number of anilines is 1. The lowest BCUT2D eigenvalue weighted by Gasteiger charge is -2.21. The molecule has 0 spiro atoms. The molecule has 0 bridgehead atoms. The van der Waals surface area contributed by atoms with E-state index in [2.05, 4.69) is 5.10 Å². The second-order valence-electron chi connectivity index (χ2n) is 3.86. The van der Waals surface area contributed by atoms with Gasteiger partial charge in [0.15, 0.2) is 5.82 Å². The van der Waals surface area contributed by atoms with Crippen LogP contribution in [0.3, 0.4) is 0 Å². The van der Waals surface area contributed by atoms with Crippen LogP contribution in [0.4, 0.5) is 19.0 Å². The number of aryl methyl sites for hydroxylation is 1. The SMILES string of the molecule is CC1=CCC=CN1c1cc(C)n(C(F)(F)F)n1. The Hall–Kier alpha value is -1.72. The molecule has 0 aromatic carbocycles. The predicted octanol–water partition coefficient (Wildman–Crippen LogP) is 3.30. The minimum absolute atomic E-state index is 0.0688. The summed E-state index contributed by atoms with van der Waals surface area (Å²) in [6.07, 6.45) is 1.86. The zero-order valence-electron chi connectivity index (χ0n) is 9.49. The monoisotopic (exact) mass is 243 g/mol. The molecule has 6 heteroatoms. The van der Waals surface area contributed by atoms with E-state index in [1.807, 2.05) is 19.1 Å². The van der Waals surface area contributed by atoms with Gasteiger partial charge in [0.25, 0.3) is 0 Å². The summed E-state index contributed by atoms with van der Waals surface area (Å²) in [7, 11) is 0. The topological polar surface area (TPSA) is 21.1 Å². The highest BCUT2D eigenvalue weighted by atomic mass is 19.4. The van der Waals surface area contributed by atoms with Crippen molar-refractivity contribution in [1.29, 1.82) is 0 Å². The lowest BCUT2D eigenvalue weighted by atomic mass is 10.2. The number of hydrogen-bond donors (Lipinski definition) is 0. The van der Waals surface area contributed by atoms with Gasteiger partial charge in [0.05, 0.1) is 0 Å². The molecule has 0 saturated carbocycles. The number of nitrogens with zero attached hydrogens (tertiary/aromatic N) is 3. The van der Waals surface area contributed by atoms with Crippen molar-refractivity contribution >= 4 is 5.82 Å². The lowest BCUT2D eigenvalue weighted by molar-refractivity contribution is -0.213. The van der Waals surface area contributed by atoms with Crippen molar-refractivity contribution in [3.63, 3.8) is 0 Å². The van der Waals surface area contributed by atoms with Gasteiger partial charge in [-0.2, -0.15) is 4.68 Å². The van der Waals surface area contributed by atoms with Crippen molar-refractivity contribution in [1.82, 2.24) is 9.78 Å². The van der Waals surface area contributed by atoms with E-state index in [-0.39, 0.29) is 16.2 Å². The van der Waals surface area contributed by atoms with Gasteiger partial charge in [-0.1, -0.05) is 12.2 Å². The van der Waals surface area contributed by atoms with Crippen molar-refractivity contribution in [3.05, 3.63) is 35.8 Å². The van der Waals surface area contributed by atoms with Crippen LogP contribution in [0.5, 0.6) is 0 Å². The number of allylic oxidation sites excluding steroid dienone is 3. The molecule has 1 aliphatic rings. The molecule has 0 fully saturated rings. The highest BCUT2D eigenvalue weighted by Gasteiger charge is 2.34. The Morgan fingerprint density at radius 1 is 1.29 bits per heavy atom. The van der Waals surface area contributed by atoms with Gasteiger partial charge < -0.3 is 4.90 Å². The number of rotatable bonds is 1. The third-order valence-corrected chi connectivity index (χ3v) is 2.55. The molecule has 0 atom stereocenters. The summed E-state index contributed by atoms with van der Waals surface area (Å²) in [6.45, 7) is 3.22. The number of halogens is 3. The fourth-order valence-corrected chi connectivity index (χ4v) is 1.71. The van der Waals surface area contributed by atoms with Crippen LogP contribution in [-0.2, 0) is 6.30 Å². The molecule has 17 heavy (non-hydrogen) atoms. The largest absolute Gasteiger partial charge is 0.504 e. The first-order valence-electron chi connectivity index (χ1n) is 5.16. The van der Waals surface area contributed by atoms with E-state index in [1.165, 1.54) is 13.0 Å². The average Bonchev–Trinajstić information content (AvgIpc) is 2.60. The van der Waals surface area contributed by atoms with Crippen LogP contribution < -0.4 is 4.90 Å². The maximum absolute atomic E-state index is 12.6. The van der Waals surface area contributed by atoms with Crippen LogP contribution >= 0.6 is 0 Å². The van der Waals surface area contributed by atoms with Crippen molar-refractivity contribution in [2.24, 2.45) is 0 Å². The summed E-state index contributed by atoms with van der Waals surface area (Å²) >= 11 is 0. The minimum atomic E-state index is -4.47. The smallest absolute Gasteiger partial charge is 0.305 e. The van der Waals surface area contributed by atoms with Gasteiger partial charge in [0, 0.05) is 23.7 Å². The fraction of sp³-hybridized carbons (Fsp3) is 0.364. The van der Waals surface area contributed by atoms with Crippen LogP contribution in [0.15, 0.2) is 30.1 Å². The summed E-state index contributed by atoms with van der Waals surface area (Å²) in [5.41, 5.74) is 0.943. The molecule has 1 aliphatic heterocycles. The Kier molecular flexibility index (Phi) is 2.73. The zero-order chi connectivity index (χ0) is 12.6. The van der Waals surface area contributed by atoms with Crippen LogP contribution in [-0.4, -0.2) is 9.78 Å². The molecule has 0 amide bonds. The molecule has 0 aliphatic carbocycles. The van der Waals surface area contributed by atoms with Crippen molar-refractivity contribution in [2.45, 2.75) is 26.6 Å². The highest BCUT2D eigenvalue weighted by Crippen LogP contribution is 2.28. The summed E-state index contributed by atoms with van der Waals surface area (Å²) < 4.78 is 37.8. The van der Waals surface area contributed by atoms with E-state index in [9.17, 15) is 13.2 Å². The van der Waals surface area contributed by atoms with E-state index < -0.39 is 6.30 Å². The van der Waals surface area contributed by atoms with Gasteiger partial charge in [0.1, 0.15) is 0 Å². The highest BCUT2D eigenvalue weighted by molar-refractivity contribution is 5.51. The molecule has 0 unspecified atom stereocenters. The van der Waals surface area contributed by atoms with Gasteiger partial charge in [0.2, 0.25) is 0 Å². The Morgan fingerprint density at radius 3 is 2.53 bits per heavy atom. The van der Waals surface area contributed by atoms with Crippen molar-refractivity contribution < 1.29 is 13.2 Å². The molecule has 3 nitrogen and oxygen atoms in total. The molecule has 0 saturated heterocycles. The first-order valence-corrected chi connectivity index (χ1v) is 5.16. The second kappa shape index (κ2) is 3.94. The maximum Gasteiger partial charge on any atom is 0.504 e. The molecule has 0 radical (unpaired) electrons. The molecule has 1 aromatic rings. The maximum atomic E-state index is 12.6. The average molecular weight is 243 g/mol. The van der Waals surface area contributed by atoms with E-state index in [1.54, 1.807) is 11.1 Å². The van der Waals surface area contributed by atoms with Crippen molar-refractivity contribution in [2.75, 3.05) is 4.90 Å². The van der Waals surface area contributed by atoms with Gasteiger partial charge in [-0.3, -0.25) is 0 Å². The molecule has 2 heterocycles. The predicted molar refractivity (Wildman–Crippen MR) is 58.3 cm³/mol. The normalized spacial score (nSPS) is 16.3. The number of alkyl halides is 3. The van der Waals surface area contributed by atoms with Gasteiger partial charge >= 0.3 is 6.30 Å². The first-order chi connectivity index (χ1) is 7.89. The van der Waals surface area contributed by atoms with Crippen LogP contribution in [0, 0.1) is 6.92 Å². The Balaban J connectivity index is 2.38. The van der Waals surface area contributed by atoms with Gasteiger partial charge in [-0.25, -0.2) is 0 Å². The van der Waals surface area contributed by atoms with E-state index >= 15 is 0 Å². The molecule has 1 aromatic heterocycles. The number of aromatic nitrogens is 2. The van der Waals surface area contributed by atoms with Crippen LogP contribution in [0.1, 0.15) is 19.0 Å². The van der Waals surface area contributed by atoms with Crippen LogP contribution in [0.25, 0.3) is 0 Å². The molecule has 0 N–H and O–H groups in total. The molecular weight excluding hydrogens is 231 g/mol. The zero-order valence-corrected chi connectivity index (χ0v) is 9.49. The van der Waals surface area contributed by atoms with E-state index in [0.717, 1.165) is 12.1 Å². The summed E-state index contributed by atoms with van der Waals surface area (Å²) in [5.74, 6) is 0.282. The summed E-state index contributed by atoms with van der Waals surface area (Å²) in [6, 6.07) is 1.42. The second-order valence-corrected chi connectivity index (χ2v) is 3.86. The third-order valence-electron chi connectivity index (χ3n) is 2.55. The Morgan fingerprint density at radius 2 is 2.00 bits per heavy atom. The quantitative estimate of drug-likeness (QED) is 0.754. The van der Waals surface area contributed by atoms with E-state index in [0.29, 0.717) is 0 Å².